The highest BCUT2D eigenvalue weighted by molar-refractivity contribution is 6.38. The van der Waals surface area contributed by atoms with Crippen LogP contribution in [-0.2, 0) is 0 Å². The molecule has 0 atom stereocenters. The number of primary amides is 1. The first kappa shape index (κ1) is 16.3. The number of aromatic nitrogens is 3. The quantitative estimate of drug-likeness (QED) is 0.592. The maximum atomic E-state index is 14.3. The highest BCUT2D eigenvalue weighted by Crippen LogP contribution is 2.38. The predicted molar refractivity (Wildman–Crippen MR) is 94.8 cm³/mol. The Morgan fingerprint density at radius 2 is 2.04 bits per heavy atom. The summed E-state index contributed by atoms with van der Waals surface area (Å²) < 4.78 is 21.1. The third-order valence-corrected chi connectivity index (χ3v) is 4.41. The third-order valence-electron chi connectivity index (χ3n) is 4.03. The van der Waals surface area contributed by atoms with Crippen molar-refractivity contribution >= 4 is 28.4 Å². The van der Waals surface area contributed by atoms with Crippen LogP contribution in [0.25, 0.3) is 28.1 Å². The van der Waals surface area contributed by atoms with E-state index in [-0.39, 0.29) is 11.4 Å². The number of fused-ring (bicyclic) bond motifs is 1. The minimum absolute atomic E-state index is 0.187. The maximum Gasteiger partial charge on any atom is 0.251 e. The molecule has 130 valence electrons. The second-order valence-electron chi connectivity index (χ2n) is 5.68. The predicted octanol–water partition coefficient (Wildman–Crippen LogP) is 3.88. The molecule has 0 aliphatic rings. The van der Waals surface area contributed by atoms with Gasteiger partial charge in [0.05, 0.1) is 16.1 Å². The number of carbonyl (C=O) groups excluding carboxylic acids is 1. The van der Waals surface area contributed by atoms with Crippen LogP contribution in [0.5, 0.6) is 0 Å². The fraction of sp³-hybridized carbons (Fsp3) is 0.0556. The van der Waals surface area contributed by atoms with Gasteiger partial charge in [0.25, 0.3) is 5.91 Å². The lowest BCUT2D eigenvalue weighted by Gasteiger charge is -2.10. The molecule has 26 heavy (non-hydrogen) atoms. The van der Waals surface area contributed by atoms with Crippen molar-refractivity contribution in [3.63, 3.8) is 0 Å². The molecule has 2 heterocycles. The Labute approximate surface area is 152 Å². The van der Waals surface area contributed by atoms with Crippen LogP contribution in [0.3, 0.4) is 0 Å². The van der Waals surface area contributed by atoms with Crippen molar-refractivity contribution in [1.29, 1.82) is 0 Å². The van der Waals surface area contributed by atoms with Crippen LogP contribution in [0, 0.1) is 12.7 Å². The molecule has 6 nitrogen and oxygen atoms in total. The van der Waals surface area contributed by atoms with Gasteiger partial charge in [0.2, 0.25) is 11.7 Å². The van der Waals surface area contributed by atoms with Crippen LogP contribution < -0.4 is 5.73 Å². The van der Waals surface area contributed by atoms with E-state index in [0.29, 0.717) is 22.3 Å². The second-order valence-corrected chi connectivity index (χ2v) is 6.06. The first-order chi connectivity index (χ1) is 12.5. The first-order valence-corrected chi connectivity index (χ1v) is 8.04. The van der Waals surface area contributed by atoms with Crippen LogP contribution in [0.1, 0.15) is 16.2 Å². The summed E-state index contributed by atoms with van der Waals surface area (Å²) in [5.41, 5.74) is 6.65. The molecule has 0 bridgehead atoms. The van der Waals surface area contributed by atoms with E-state index in [4.69, 9.17) is 21.9 Å². The summed E-state index contributed by atoms with van der Waals surface area (Å²) in [6.07, 6.45) is 0. The molecule has 0 spiro atoms. The van der Waals surface area contributed by atoms with Crippen molar-refractivity contribution < 1.29 is 13.7 Å². The van der Waals surface area contributed by atoms with Gasteiger partial charge in [-0.25, -0.2) is 4.39 Å². The smallest absolute Gasteiger partial charge is 0.251 e. The molecule has 1 amide bonds. The number of para-hydroxylation sites is 1. The zero-order valence-corrected chi connectivity index (χ0v) is 14.3. The van der Waals surface area contributed by atoms with Gasteiger partial charge in [0.1, 0.15) is 11.5 Å². The van der Waals surface area contributed by atoms with Gasteiger partial charge < -0.3 is 14.8 Å². The van der Waals surface area contributed by atoms with Crippen LogP contribution in [0.2, 0.25) is 5.02 Å². The van der Waals surface area contributed by atoms with Crippen molar-refractivity contribution in [2.45, 2.75) is 6.92 Å². The Balaban J connectivity index is 2.06. The van der Waals surface area contributed by atoms with Gasteiger partial charge in [0, 0.05) is 18.0 Å². The van der Waals surface area contributed by atoms with Crippen molar-refractivity contribution in [2.75, 3.05) is 0 Å². The molecule has 4 aromatic rings. The molecule has 2 aromatic heterocycles. The third kappa shape index (κ3) is 2.44. The second kappa shape index (κ2) is 5.96. The van der Waals surface area contributed by atoms with E-state index in [1.54, 1.807) is 17.6 Å². The molecule has 0 radical (unpaired) electrons. The Hall–Kier alpha value is -3.19. The van der Waals surface area contributed by atoms with Gasteiger partial charge in [-0.3, -0.25) is 4.79 Å². The Morgan fingerprint density at radius 1 is 1.27 bits per heavy atom. The molecule has 0 saturated heterocycles. The summed E-state index contributed by atoms with van der Waals surface area (Å²) >= 11 is 6.57. The summed E-state index contributed by atoms with van der Waals surface area (Å²) in [4.78, 5) is 15.5. The summed E-state index contributed by atoms with van der Waals surface area (Å²) in [5, 5.41) is 5.11. The van der Waals surface area contributed by atoms with Gasteiger partial charge in [-0.05, 0) is 24.3 Å². The zero-order chi connectivity index (χ0) is 18.4. The van der Waals surface area contributed by atoms with Gasteiger partial charge in [0.15, 0.2) is 0 Å². The number of hydrogen-bond donors (Lipinski definition) is 1. The van der Waals surface area contributed by atoms with E-state index in [1.165, 1.54) is 12.1 Å². The van der Waals surface area contributed by atoms with Gasteiger partial charge in [-0.1, -0.05) is 35.0 Å². The largest absolute Gasteiger partial charge is 0.366 e. The maximum absolute atomic E-state index is 14.3. The number of nitrogens with zero attached hydrogens (tertiary/aromatic N) is 3. The molecule has 4 rings (SSSR count). The number of rotatable bonds is 3. The van der Waals surface area contributed by atoms with E-state index >= 15 is 0 Å². The molecule has 0 aliphatic heterocycles. The molecule has 2 aromatic carbocycles. The number of carbonyl (C=O) groups is 1. The molecule has 0 saturated carbocycles. The van der Waals surface area contributed by atoms with Crippen LogP contribution in [0.4, 0.5) is 4.39 Å². The molecule has 0 unspecified atom stereocenters. The number of aryl methyl sites for hydroxylation is 1. The minimum atomic E-state index is -0.835. The van der Waals surface area contributed by atoms with Gasteiger partial charge >= 0.3 is 0 Å². The van der Waals surface area contributed by atoms with E-state index in [1.807, 2.05) is 24.3 Å². The van der Waals surface area contributed by atoms with Crippen molar-refractivity contribution in [2.24, 2.45) is 5.73 Å². The number of nitrogens with two attached hydrogens (primary N) is 1. The van der Waals surface area contributed by atoms with Crippen molar-refractivity contribution in [1.82, 2.24) is 14.7 Å². The average Bonchev–Trinajstić information content (AvgIpc) is 3.16. The van der Waals surface area contributed by atoms with Crippen LogP contribution >= 0.6 is 11.6 Å². The summed E-state index contributed by atoms with van der Waals surface area (Å²) in [5.74, 6) is -0.899. The Morgan fingerprint density at radius 3 is 2.69 bits per heavy atom. The van der Waals surface area contributed by atoms with Gasteiger partial charge in [-0.2, -0.15) is 4.98 Å². The molecular weight excluding hydrogens is 359 g/mol. The standard InChI is InChI=1S/C18H12ClFN4O2/c1-9-22-18(23-26-9)16-15(19)12-4-2-3-5-14(12)24(16)10-6-7-11(17(21)25)13(20)8-10/h2-8H,1H3,(H2,21,25). The number of amides is 1. The summed E-state index contributed by atoms with van der Waals surface area (Å²) in [6, 6.07) is 11.5. The van der Waals surface area contributed by atoms with E-state index < -0.39 is 11.7 Å². The normalized spacial score (nSPS) is 11.2. The topological polar surface area (TPSA) is 86.9 Å². The monoisotopic (exact) mass is 370 g/mol. The van der Waals surface area contributed by atoms with Crippen molar-refractivity contribution in [3.05, 3.63) is 64.8 Å². The number of halogens is 2. The lowest BCUT2D eigenvalue weighted by atomic mass is 10.1. The molecule has 0 aliphatic carbocycles. The Bertz CT molecular complexity index is 1170. The lowest BCUT2D eigenvalue weighted by molar-refractivity contribution is 0.0996. The highest BCUT2D eigenvalue weighted by Gasteiger charge is 2.23. The van der Waals surface area contributed by atoms with Gasteiger partial charge in [-0.15, -0.1) is 0 Å². The van der Waals surface area contributed by atoms with Crippen LogP contribution in [0.15, 0.2) is 47.0 Å². The van der Waals surface area contributed by atoms with E-state index in [0.717, 1.165) is 10.9 Å². The molecule has 0 fully saturated rings. The lowest BCUT2D eigenvalue weighted by Crippen LogP contribution is -2.13. The fourth-order valence-electron chi connectivity index (χ4n) is 2.91. The van der Waals surface area contributed by atoms with E-state index in [9.17, 15) is 9.18 Å². The Kier molecular flexibility index (Phi) is 3.73. The van der Waals surface area contributed by atoms with Crippen LogP contribution in [-0.4, -0.2) is 20.6 Å². The molecule has 8 heteroatoms. The summed E-state index contributed by atoms with van der Waals surface area (Å²) in [6.45, 7) is 1.67. The van der Waals surface area contributed by atoms with E-state index in [2.05, 4.69) is 10.1 Å². The first-order valence-electron chi connectivity index (χ1n) is 7.66. The summed E-state index contributed by atoms with van der Waals surface area (Å²) in [7, 11) is 0. The number of hydrogen-bond acceptors (Lipinski definition) is 4. The number of benzene rings is 2. The van der Waals surface area contributed by atoms with Crippen molar-refractivity contribution in [3.8, 4) is 17.2 Å². The zero-order valence-electron chi connectivity index (χ0n) is 13.5. The molecule has 2 N–H and O–H groups in total. The SMILES string of the molecule is Cc1nc(-c2c(Cl)c3ccccc3n2-c2ccc(C(N)=O)c(F)c2)no1. The average molecular weight is 371 g/mol. The fourth-order valence-corrected chi connectivity index (χ4v) is 3.23. The highest BCUT2D eigenvalue weighted by atomic mass is 35.5. The minimum Gasteiger partial charge on any atom is -0.366 e. The molecular formula is C18H12ClFN4O2.